The van der Waals surface area contributed by atoms with Crippen LogP contribution in [-0.4, -0.2) is 34.9 Å². The topological polar surface area (TPSA) is 59.2 Å². The quantitative estimate of drug-likeness (QED) is 0.850. The van der Waals surface area contributed by atoms with Gasteiger partial charge in [-0.05, 0) is 27.3 Å². The molecule has 1 aromatic heterocycles. The average molecular weight is 241 g/mol. The van der Waals surface area contributed by atoms with E-state index in [0.29, 0.717) is 18.8 Å². The van der Waals surface area contributed by atoms with Crippen molar-refractivity contribution >= 4 is 17.2 Å². The fourth-order valence-corrected chi connectivity index (χ4v) is 2.33. The largest absolute Gasteiger partial charge is 0.335 e. The van der Waals surface area contributed by atoms with E-state index in [-0.39, 0.29) is 11.9 Å². The third-order valence-electron chi connectivity index (χ3n) is 2.35. The first-order valence-electron chi connectivity index (χ1n) is 5.55. The van der Waals surface area contributed by atoms with E-state index in [9.17, 15) is 4.79 Å². The molecule has 1 aromatic rings. The molecule has 1 rings (SSSR count). The van der Waals surface area contributed by atoms with E-state index in [1.54, 1.807) is 4.90 Å². The lowest BCUT2D eigenvalue weighted by atomic mass is 10.3. The number of hydrogen-bond donors (Lipinski definition) is 1. The van der Waals surface area contributed by atoms with Crippen molar-refractivity contribution in [3.8, 4) is 0 Å². The SMILES string of the molecule is CCN(C(=O)c1csc(CCN)n1)C(C)C. The molecule has 0 aliphatic rings. The summed E-state index contributed by atoms with van der Waals surface area (Å²) in [5.41, 5.74) is 6.00. The molecule has 0 aromatic carbocycles. The van der Waals surface area contributed by atoms with Gasteiger partial charge in [-0.2, -0.15) is 0 Å². The van der Waals surface area contributed by atoms with Crippen LogP contribution in [0, 0.1) is 0 Å². The Balaban J connectivity index is 2.78. The number of amides is 1. The fourth-order valence-electron chi connectivity index (χ4n) is 1.54. The van der Waals surface area contributed by atoms with Crippen LogP contribution < -0.4 is 5.73 Å². The van der Waals surface area contributed by atoms with Crippen LogP contribution >= 0.6 is 11.3 Å². The Bertz CT molecular complexity index is 349. The Morgan fingerprint density at radius 3 is 2.81 bits per heavy atom. The van der Waals surface area contributed by atoms with Crippen molar-refractivity contribution in [3.63, 3.8) is 0 Å². The van der Waals surface area contributed by atoms with Crippen molar-refractivity contribution in [2.24, 2.45) is 5.73 Å². The third kappa shape index (κ3) is 3.02. The van der Waals surface area contributed by atoms with Crippen molar-refractivity contribution in [1.82, 2.24) is 9.88 Å². The summed E-state index contributed by atoms with van der Waals surface area (Å²) in [5.74, 6) is 0.0111. The number of hydrogen-bond acceptors (Lipinski definition) is 4. The Morgan fingerprint density at radius 1 is 1.62 bits per heavy atom. The predicted molar refractivity (Wildman–Crippen MR) is 66.7 cm³/mol. The van der Waals surface area contributed by atoms with Gasteiger partial charge in [-0.25, -0.2) is 4.98 Å². The summed E-state index contributed by atoms with van der Waals surface area (Å²) >= 11 is 1.50. The lowest BCUT2D eigenvalue weighted by molar-refractivity contribution is 0.0711. The highest BCUT2D eigenvalue weighted by Crippen LogP contribution is 2.13. The molecular weight excluding hydrogens is 222 g/mol. The van der Waals surface area contributed by atoms with Gasteiger partial charge in [0.25, 0.3) is 5.91 Å². The number of rotatable bonds is 5. The van der Waals surface area contributed by atoms with Crippen LogP contribution in [-0.2, 0) is 6.42 Å². The minimum atomic E-state index is 0.0111. The minimum absolute atomic E-state index is 0.0111. The van der Waals surface area contributed by atoms with Crippen molar-refractivity contribution in [2.45, 2.75) is 33.2 Å². The molecule has 0 spiro atoms. The van der Waals surface area contributed by atoms with Crippen molar-refractivity contribution < 1.29 is 4.79 Å². The summed E-state index contributed by atoms with van der Waals surface area (Å²) in [5, 5.41) is 2.75. The van der Waals surface area contributed by atoms with E-state index < -0.39 is 0 Å². The van der Waals surface area contributed by atoms with Crippen molar-refractivity contribution in [2.75, 3.05) is 13.1 Å². The Morgan fingerprint density at radius 2 is 2.31 bits per heavy atom. The number of aromatic nitrogens is 1. The number of nitrogens with zero attached hydrogens (tertiary/aromatic N) is 2. The highest BCUT2D eigenvalue weighted by molar-refractivity contribution is 7.09. The van der Waals surface area contributed by atoms with E-state index in [4.69, 9.17) is 5.73 Å². The van der Waals surface area contributed by atoms with Crippen LogP contribution in [0.25, 0.3) is 0 Å². The number of carbonyl (C=O) groups excluding carboxylic acids is 1. The highest BCUT2D eigenvalue weighted by Gasteiger charge is 2.19. The predicted octanol–water partition coefficient (Wildman–Crippen LogP) is 1.51. The molecule has 1 amide bonds. The van der Waals surface area contributed by atoms with Gasteiger partial charge in [-0.15, -0.1) is 11.3 Å². The van der Waals surface area contributed by atoms with Crippen molar-refractivity contribution in [1.29, 1.82) is 0 Å². The summed E-state index contributed by atoms with van der Waals surface area (Å²) in [6, 6.07) is 0.206. The highest BCUT2D eigenvalue weighted by atomic mass is 32.1. The molecule has 4 nitrogen and oxygen atoms in total. The molecule has 0 saturated heterocycles. The number of thiazole rings is 1. The first-order valence-corrected chi connectivity index (χ1v) is 6.43. The monoisotopic (exact) mass is 241 g/mol. The van der Waals surface area contributed by atoms with Gasteiger partial charge in [0.15, 0.2) is 0 Å². The average Bonchev–Trinajstić information content (AvgIpc) is 2.67. The molecule has 16 heavy (non-hydrogen) atoms. The standard InChI is InChI=1S/C11H19N3OS/c1-4-14(8(2)3)11(15)9-7-16-10(13-9)5-6-12/h7-8H,4-6,12H2,1-3H3. The van der Waals surface area contributed by atoms with Gasteiger partial charge in [0.2, 0.25) is 0 Å². The molecule has 0 fully saturated rings. The Hall–Kier alpha value is -0.940. The van der Waals surface area contributed by atoms with Gasteiger partial charge in [-0.3, -0.25) is 4.79 Å². The zero-order valence-electron chi connectivity index (χ0n) is 10.1. The van der Waals surface area contributed by atoms with E-state index in [2.05, 4.69) is 4.98 Å². The van der Waals surface area contributed by atoms with Crippen LogP contribution in [0.1, 0.15) is 36.3 Å². The van der Waals surface area contributed by atoms with Gasteiger partial charge >= 0.3 is 0 Å². The lowest BCUT2D eigenvalue weighted by Gasteiger charge is -2.24. The second-order valence-corrected chi connectivity index (χ2v) is 4.79. The van der Waals surface area contributed by atoms with Crippen LogP contribution in [0.4, 0.5) is 0 Å². The summed E-state index contributed by atoms with van der Waals surface area (Å²) in [7, 11) is 0. The molecule has 0 aliphatic heterocycles. The van der Waals surface area contributed by atoms with Crippen molar-refractivity contribution in [3.05, 3.63) is 16.1 Å². The van der Waals surface area contributed by atoms with Crippen LogP contribution in [0.15, 0.2) is 5.38 Å². The Labute approximate surface area is 100 Å². The normalized spacial score (nSPS) is 10.8. The maximum atomic E-state index is 12.1. The maximum Gasteiger partial charge on any atom is 0.273 e. The van der Waals surface area contributed by atoms with Crippen LogP contribution in [0.2, 0.25) is 0 Å². The van der Waals surface area contributed by atoms with E-state index in [1.165, 1.54) is 11.3 Å². The zero-order valence-corrected chi connectivity index (χ0v) is 10.9. The van der Waals surface area contributed by atoms with Crippen LogP contribution in [0.5, 0.6) is 0 Å². The second kappa shape index (κ2) is 5.96. The molecule has 0 aliphatic carbocycles. The first kappa shape index (κ1) is 13.1. The summed E-state index contributed by atoms with van der Waals surface area (Å²) in [6.45, 7) is 7.28. The number of nitrogens with two attached hydrogens (primary N) is 1. The molecule has 0 bridgehead atoms. The third-order valence-corrected chi connectivity index (χ3v) is 3.26. The second-order valence-electron chi connectivity index (χ2n) is 3.85. The van der Waals surface area contributed by atoms with Crippen LogP contribution in [0.3, 0.4) is 0 Å². The maximum absolute atomic E-state index is 12.1. The molecule has 90 valence electrons. The summed E-state index contributed by atoms with van der Waals surface area (Å²) in [4.78, 5) is 18.2. The summed E-state index contributed by atoms with van der Waals surface area (Å²) in [6.07, 6.45) is 0.742. The van der Waals surface area contributed by atoms with E-state index in [1.807, 2.05) is 26.2 Å². The smallest absolute Gasteiger partial charge is 0.273 e. The van der Waals surface area contributed by atoms with Gasteiger partial charge in [0.1, 0.15) is 5.69 Å². The molecule has 5 heteroatoms. The fraction of sp³-hybridized carbons (Fsp3) is 0.636. The molecule has 0 atom stereocenters. The van der Waals surface area contributed by atoms with E-state index >= 15 is 0 Å². The molecule has 2 N–H and O–H groups in total. The molecule has 0 radical (unpaired) electrons. The minimum Gasteiger partial charge on any atom is -0.335 e. The Kier molecular flexibility index (Phi) is 4.89. The zero-order chi connectivity index (χ0) is 12.1. The van der Waals surface area contributed by atoms with Gasteiger partial charge < -0.3 is 10.6 Å². The first-order chi connectivity index (χ1) is 7.60. The molecular formula is C11H19N3OS. The van der Waals surface area contributed by atoms with Gasteiger partial charge in [0, 0.05) is 24.4 Å². The molecule has 1 heterocycles. The van der Waals surface area contributed by atoms with E-state index in [0.717, 1.165) is 11.4 Å². The van der Waals surface area contributed by atoms with Gasteiger partial charge in [0.05, 0.1) is 5.01 Å². The number of carbonyl (C=O) groups is 1. The molecule has 0 saturated carbocycles. The molecule has 0 unspecified atom stereocenters. The summed E-state index contributed by atoms with van der Waals surface area (Å²) < 4.78 is 0. The lowest BCUT2D eigenvalue weighted by Crippen LogP contribution is -2.36. The van der Waals surface area contributed by atoms with Gasteiger partial charge in [-0.1, -0.05) is 0 Å².